The molecule has 0 unspecified atom stereocenters. The summed E-state index contributed by atoms with van der Waals surface area (Å²) in [5.41, 5.74) is 0.351. The zero-order valence-corrected chi connectivity index (χ0v) is 17.7. The molecule has 1 heterocycles. The number of nitrogens with zero attached hydrogens (tertiary/aromatic N) is 2. The van der Waals surface area contributed by atoms with Crippen LogP contribution in [0.25, 0.3) is 10.2 Å². The van der Waals surface area contributed by atoms with Crippen molar-refractivity contribution in [1.82, 2.24) is 10.3 Å². The molecule has 30 heavy (non-hydrogen) atoms. The second-order valence-corrected chi connectivity index (χ2v) is 7.19. The Kier molecular flexibility index (Phi) is 6.28. The monoisotopic (exact) mass is 448 g/mol. The zero-order chi connectivity index (χ0) is 21.8. The molecule has 0 aliphatic carbocycles. The van der Waals surface area contributed by atoms with Crippen LogP contribution in [-0.2, 0) is 0 Å². The van der Waals surface area contributed by atoms with E-state index in [0.29, 0.717) is 22.1 Å². The maximum atomic E-state index is 12.4. The predicted molar refractivity (Wildman–Crippen MR) is 116 cm³/mol. The number of ether oxygens (including phenoxy) is 3. The average Bonchev–Trinajstić information content (AvgIpc) is 3.14. The van der Waals surface area contributed by atoms with Crippen LogP contribution in [0.5, 0.6) is 17.2 Å². The van der Waals surface area contributed by atoms with E-state index in [1.807, 2.05) is 0 Å². The third kappa shape index (κ3) is 4.39. The van der Waals surface area contributed by atoms with Gasteiger partial charge in [-0.2, -0.15) is 0 Å². The lowest BCUT2D eigenvalue weighted by Crippen LogP contribution is -2.34. The minimum Gasteiger partial charge on any atom is -0.497 e. The number of thiocarbonyl (C=S) groups is 1. The van der Waals surface area contributed by atoms with Gasteiger partial charge in [0.15, 0.2) is 16.0 Å². The Morgan fingerprint density at radius 1 is 1.13 bits per heavy atom. The summed E-state index contributed by atoms with van der Waals surface area (Å²) in [6, 6.07) is 7.38. The Labute approximate surface area is 179 Å². The van der Waals surface area contributed by atoms with Crippen molar-refractivity contribution < 1.29 is 23.9 Å². The van der Waals surface area contributed by atoms with Gasteiger partial charge in [0, 0.05) is 17.7 Å². The van der Waals surface area contributed by atoms with Gasteiger partial charge in [-0.25, -0.2) is 4.98 Å². The van der Waals surface area contributed by atoms with Crippen LogP contribution < -0.4 is 24.8 Å². The molecular formula is C18H16N4O6S2. The Hall–Kier alpha value is -3.51. The number of aromatic nitrogens is 1. The molecule has 0 fully saturated rings. The van der Waals surface area contributed by atoms with Crippen LogP contribution in [-0.4, -0.2) is 42.3 Å². The van der Waals surface area contributed by atoms with Gasteiger partial charge < -0.3 is 19.5 Å². The van der Waals surface area contributed by atoms with E-state index in [1.54, 1.807) is 19.2 Å². The SMILES string of the molecule is COc1cc(OC)c2nc(NC(=S)NC(=O)c3ccc(OC)c([N+](=O)[O-])c3)sc2c1. The van der Waals surface area contributed by atoms with Gasteiger partial charge >= 0.3 is 5.69 Å². The minimum atomic E-state index is -0.630. The van der Waals surface area contributed by atoms with Crippen molar-refractivity contribution in [2.45, 2.75) is 0 Å². The standard InChI is InChI=1S/C18H16N4O6S2/c1-26-10-7-13(28-3)15-14(8-10)30-18(19-15)21-17(29)20-16(23)9-4-5-12(27-2)11(6-9)22(24)25/h4-8H,1-3H3,(H2,19,20,21,23,29). The van der Waals surface area contributed by atoms with Crippen LogP contribution in [0.15, 0.2) is 30.3 Å². The van der Waals surface area contributed by atoms with Gasteiger partial charge in [-0.15, -0.1) is 0 Å². The first-order valence-corrected chi connectivity index (χ1v) is 9.56. The topological polar surface area (TPSA) is 125 Å². The van der Waals surface area contributed by atoms with Gasteiger partial charge in [0.25, 0.3) is 5.91 Å². The molecule has 156 valence electrons. The predicted octanol–water partition coefficient (Wildman–Crippen LogP) is 3.36. The molecular weight excluding hydrogens is 432 g/mol. The molecule has 1 aromatic heterocycles. The highest BCUT2D eigenvalue weighted by molar-refractivity contribution is 7.80. The maximum absolute atomic E-state index is 12.4. The number of anilines is 1. The molecule has 2 N–H and O–H groups in total. The van der Waals surface area contributed by atoms with Crippen LogP contribution in [0.2, 0.25) is 0 Å². The lowest BCUT2D eigenvalue weighted by molar-refractivity contribution is -0.385. The number of carbonyl (C=O) groups is 1. The highest BCUT2D eigenvalue weighted by Gasteiger charge is 2.19. The van der Waals surface area contributed by atoms with Gasteiger partial charge in [0.1, 0.15) is 17.0 Å². The molecule has 12 heteroatoms. The second kappa shape index (κ2) is 8.88. The first-order chi connectivity index (χ1) is 14.4. The number of amides is 1. The van der Waals surface area contributed by atoms with Crippen molar-refractivity contribution in [3.63, 3.8) is 0 Å². The number of nitro groups is 1. The number of fused-ring (bicyclic) bond motifs is 1. The molecule has 0 atom stereocenters. The number of nitro benzene ring substituents is 1. The van der Waals surface area contributed by atoms with E-state index in [2.05, 4.69) is 15.6 Å². The highest BCUT2D eigenvalue weighted by atomic mass is 32.1. The van der Waals surface area contributed by atoms with E-state index in [4.69, 9.17) is 26.4 Å². The van der Waals surface area contributed by atoms with Crippen molar-refractivity contribution in [2.75, 3.05) is 26.6 Å². The normalized spacial score (nSPS) is 10.4. The van der Waals surface area contributed by atoms with E-state index < -0.39 is 10.8 Å². The molecule has 10 nitrogen and oxygen atoms in total. The van der Waals surface area contributed by atoms with E-state index in [1.165, 1.54) is 37.7 Å². The number of nitrogens with one attached hydrogen (secondary N) is 2. The van der Waals surface area contributed by atoms with Gasteiger partial charge in [-0.1, -0.05) is 11.3 Å². The summed E-state index contributed by atoms with van der Waals surface area (Å²) in [6.07, 6.45) is 0. The summed E-state index contributed by atoms with van der Waals surface area (Å²) in [5, 5.41) is 16.9. The summed E-state index contributed by atoms with van der Waals surface area (Å²) < 4.78 is 16.3. The van der Waals surface area contributed by atoms with Crippen LogP contribution in [0.1, 0.15) is 10.4 Å². The Bertz CT molecular complexity index is 1150. The van der Waals surface area contributed by atoms with Crippen LogP contribution in [0.3, 0.4) is 0 Å². The number of hydrogen-bond donors (Lipinski definition) is 2. The van der Waals surface area contributed by atoms with E-state index in [0.717, 1.165) is 10.8 Å². The number of thiazole rings is 1. The molecule has 0 bridgehead atoms. The number of benzene rings is 2. The summed E-state index contributed by atoms with van der Waals surface area (Å²) >= 11 is 6.46. The van der Waals surface area contributed by atoms with Crippen LogP contribution >= 0.6 is 23.6 Å². The minimum absolute atomic E-state index is 0.0107. The van der Waals surface area contributed by atoms with Gasteiger partial charge in [0.05, 0.1) is 31.0 Å². The lowest BCUT2D eigenvalue weighted by atomic mass is 10.2. The van der Waals surface area contributed by atoms with Crippen LogP contribution in [0, 0.1) is 10.1 Å². The molecule has 0 radical (unpaired) electrons. The Morgan fingerprint density at radius 2 is 1.87 bits per heavy atom. The van der Waals surface area contributed by atoms with Crippen molar-refractivity contribution in [1.29, 1.82) is 0 Å². The third-order valence-corrected chi connectivity index (χ3v) is 5.10. The van der Waals surface area contributed by atoms with E-state index in [-0.39, 0.29) is 22.1 Å². The Morgan fingerprint density at radius 3 is 2.50 bits per heavy atom. The first-order valence-electron chi connectivity index (χ1n) is 8.33. The fraction of sp³-hybridized carbons (Fsp3) is 0.167. The quantitative estimate of drug-likeness (QED) is 0.332. The van der Waals surface area contributed by atoms with Crippen molar-refractivity contribution in [3.8, 4) is 17.2 Å². The molecule has 0 saturated carbocycles. The highest BCUT2D eigenvalue weighted by Crippen LogP contribution is 2.36. The van der Waals surface area contributed by atoms with Crippen LogP contribution in [0.4, 0.5) is 10.8 Å². The second-order valence-electron chi connectivity index (χ2n) is 5.75. The molecule has 0 saturated heterocycles. The van der Waals surface area contributed by atoms with E-state index in [9.17, 15) is 14.9 Å². The molecule has 2 aromatic carbocycles. The lowest BCUT2D eigenvalue weighted by Gasteiger charge is -2.08. The fourth-order valence-corrected chi connectivity index (χ4v) is 3.75. The number of rotatable bonds is 6. The summed E-state index contributed by atoms with van der Waals surface area (Å²) in [4.78, 5) is 27.3. The van der Waals surface area contributed by atoms with E-state index >= 15 is 0 Å². The number of hydrogen-bond acceptors (Lipinski definition) is 9. The molecule has 1 amide bonds. The third-order valence-electron chi connectivity index (χ3n) is 3.97. The van der Waals surface area contributed by atoms with Crippen molar-refractivity contribution in [2.24, 2.45) is 0 Å². The summed E-state index contributed by atoms with van der Waals surface area (Å²) in [5.74, 6) is 0.593. The smallest absolute Gasteiger partial charge is 0.311 e. The first kappa shape index (κ1) is 21.2. The Balaban J connectivity index is 1.76. The molecule has 0 aliphatic rings. The molecule has 3 aromatic rings. The summed E-state index contributed by atoms with van der Waals surface area (Å²) in [7, 11) is 4.39. The molecule has 0 spiro atoms. The van der Waals surface area contributed by atoms with Gasteiger partial charge in [-0.3, -0.25) is 20.2 Å². The largest absolute Gasteiger partial charge is 0.497 e. The average molecular weight is 448 g/mol. The van der Waals surface area contributed by atoms with Crippen molar-refractivity contribution >= 4 is 55.6 Å². The van der Waals surface area contributed by atoms with Gasteiger partial charge in [-0.05, 0) is 30.4 Å². The summed E-state index contributed by atoms with van der Waals surface area (Å²) in [6.45, 7) is 0. The number of carbonyl (C=O) groups excluding carboxylic acids is 1. The molecule has 3 rings (SSSR count). The molecule has 0 aliphatic heterocycles. The zero-order valence-electron chi connectivity index (χ0n) is 16.0. The maximum Gasteiger partial charge on any atom is 0.311 e. The fourth-order valence-electron chi connectivity index (χ4n) is 2.58. The number of methoxy groups -OCH3 is 3. The van der Waals surface area contributed by atoms with Gasteiger partial charge in [0.2, 0.25) is 0 Å². The van der Waals surface area contributed by atoms with Crippen molar-refractivity contribution in [3.05, 3.63) is 46.0 Å².